The summed E-state index contributed by atoms with van der Waals surface area (Å²) in [6, 6.07) is 10.8. The van der Waals surface area contributed by atoms with E-state index in [1.54, 1.807) is 24.3 Å². The lowest BCUT2D eigenvalue weighted by Crippen LogP contribution is -2.40. The fourth-order valence-corrected chi connectivity index (χ4v) is 2.69. The summed E-state index contributed by atoms with van der Waals surface area (Å²) in [5.41, 5.74) is -0.311. The molecule has 0 aliphatic rings. The van der Waals surface area contributed by atoms with Gasteiger partial charge in [-0.2, -0.15) is 13.2 Å². The van der Waals surface area contributed by atoms with Gasteiger partial charge in [0.1, 0.15) is 5.75 Å². The molecule has 0 aliphatic heterocycles. The number of aliphatic carboxylic acids is 1. The minimum absolute atomic E-state index is 0.0313. The van der Waals surface area contributed by atoms with Gasteiger partial charge in [-0.05, 0) is 42.3 Å². The van der Waals surface area contributed by atoms with E-state index in [0.29, 0.717) is 11.3 Å². The maximum Gasteiger partial charge on any atom is 0.416 e. The molecule has 0 unspecified atom stereocenters. The predicted molar refractivity (Wildman–Crippen MR) is 94.4 cm³/mol. The molecule has 0 fully saturated rings. The number of benzene rings is 2. The number of anilines is 1. The molecule has 0 saturated heterocycles. The van der Waals surface area contributed by atoms with Crippen molar-refractivity contribution in [1.29, 1.82) is 0 Å². The third-order valence-electron chi connectivity index (χ3n) is 4.39. The summed E-state index contributed by atoms with van der Waals surface area (Å²) < 4.78 is 43.4. The van der Waals surface area contributed by atoms with E-state index in [0.717, 1.165) is 18.2 Å². The predicted octanol–water partition coefficient (Wildman–Crippen LogP) is 2.90. The molecule has 2 atom stereocenters. The number of carbonyl (C=O) groups excluding carboxylic acids is 2. The number of rotatable bonds is 7. The van der Waals surface area contributed by atoms with Crippen molar-refractivity contribution in [3.05, 3.63) is 59.7 Å². The number of amides is 1. The summed E-state index contributed by atoms with van der Waals surface area (Å²) in [6.07, 6.45) is -4.52. The normalized spacial score (nSPS) is 13.5. The topological polar surface area (TPSA) is 78.5 Å². The van der Waals surface area contributed by atoms with Gasteiger partial charge in [-0.3, -0.25) is 4.79 Å². The van der Waals surface area contributed by atoms with Gasteiger partial charge in [0.15, 0.2) is 0 Å². The molecule has 0 aromatic heterocycles. The highest BCUT2D eigenvalue weighted by molar-refractivity contribution is 5.94. The number of methoxy groups -OCH3 is 1. The third kappa shape index (κ3) is 5.48. The molecular formula is C20H19F3NO4-. The average molecular weight is 394 g/mol. The molecule has 2 rings (SSSR count). The molecule has 0 spiro atoms. The van der Waals surface area contributed by atoms with E-state index in [2.05, 4.69) is 5.32 Å². The zero-order chi connectivity index (χ0) is 20.9. The highest BCUT2D eigenvalue weighted by Crippen LogP contribution is 2.31. The van der Waals surface area contributed by atoms with Crippen LogP contribution in [0.5, 0.6) is 5.75 Å². The standard InChI is InChI=1S/C20H20F3NO4/c1-12(17(19(26)27)10-13-6-8-16(28-2)9-7-13)18(25)24-15-5-3-4-14(11-15)20(21,22)23/h3-9,11-12,17H,10H2,1-2H3,(H,24,25)(H,26,27)/p-1/t12-,17-/m0/s1. The summed E-state index contributed by atoms with van der Waals surface area (Å²) in [5.74, 6) is -3.70. The van der Waals surface area contributed by atoms with Crippen molar-refractivity contribution in [2.45, 2.75) is 19.5 Å². The van der Waals surface area contributed by atoms with Crippen LogP contribution < -0.4 is 15.2 Å². The number of hydrogen-bond donors (Lipinski definition) is 1. The van der Waals surface area contributed by atoms with E-state index in [9.17, 15) is 27.9 Å². The third-order valence-corrected chi connectivity index (χ3v) is 4.39. The Labute approximate surface area is 160 Å². The second kappa shape index (κ2) is 8.77. The first kappa shape index (κ1) is 21.3. The van der Waals surface area contributed by atoms with E-state index in [1.807, 2.05) is 0 Å². The minimum Gasteiger partial charge on any atom is -0.550 e. The Bertz CT molecular complexity index is 834. The molecule has 1 N–H and O–H groups in total. The SMILES string of the molecule is COc1ccc(C[C@H](C(=O)[O-])[C@H](C)C(=O)Nc2cccc(C(F)(F)F)c2)cc1. The van der Waals surface area contributed by atoms with Crippen molar-refractivity contribution in [1.82, 2.24) is 0 Å². The smallest absolute Gasteiger partial charge is 0.416 e. The fourth-order valence-electron chi connectivity index (χ4n) is 2.69. The second-order valence-corrected chi connectivity index (χ2v) is 6.33. The lowest BCUT2D eigenvalue weighted by Gasteiger charge is -2.24. The monoisotopic (exact) mass is 394 g/mol. The average Bonchev–Trinajstić information content (AvgIpc) is 2.65. The Balaban J connectivity index is 2.12. The van der Waals surface area contributed by atoms with E-state index in [4.69, 9.17) is 4.74 Å². The van der Waals surface area contributed by atoms with Crippen molar-refractivity contribution in [2.24, 2.45) is 11.8 Å². The van der Waals surface area contributed by atoms with Crippen molar-refractivity contribution in [3.8, 4) is 5.75 Å². The van der Waals surface area contributed by atoms with Crippen molar-refractivity contribution in [2.75, 3.05) is 12.4 Å². The Morgan fingerprint density at radius 1 is 1.14 bits per heavy atom. The first-order chi connectivity index (χ1) is 13.1. The molecule has 0 aliphatic carbocycles. The van der Waals surface area contributed by atoms with E-state index in [-0.39, 0.29) is 12.1 Å². The number of hydrogen-bond acceptors (Lipinski definition) is 4. The summed E-state index contributed by atoms with van der Waals surface area (Å²) in [4.78, 5) is 24.0. The summed E-state index contributed by atoms with van der Waals surface area (Å²) in [5, 5.41) is 13.9. The maximum absolute atomic E-state index is 12.8. The van der Waals surface area contributed by atoms with E-state index in [1.165, 1.54) is 20.1 Å². The van der Waals surface area contributed by atoms with E-state index >= 15 is 0 Å². The van der Waals surface area contributed by atoms with Gasteiger partial charge >= 0.3 is 6.18 Å². The summed E-state index contributed by atoms with van der Waals surface area (Å²) in [6.45, 7) is 1.40. The zero-order valence-corrected chi connectivity index (χ0v) is 15.2. The van der Waals surface area contributed by atoms with Crippen LogP contribution in [0, 0.1) is 11.8 Å². The Hall–Kier alpha value is -3.03. The summed E-state index contributed by atoms with van der Waals surface area (Å²) in [7, 11) is 1.50. The zero-order valence-electron chi connectivity index (χ0n) is 15.2. The van der Waals surface area contributed by atoms with Gasteiger partial charge in [-0.1, -0.05) is 25.1 Å². The quantitative estimate of drug-likeness (QED) is 0.783. The fraction of sp³-hybridized carbons (Fsp3) is 0.300. The number of halogens is 3. The van der Waals surface area contributed by atoms with Crippen molar-refractivity contribution < 1.29 is 32.6 Å². The van der Waals surface area contributed by atoms with Crippen LogP contribution in [-0.4, -0.2) is 19.0 Å². The lowest BCUT2D eigenvalue weighted by molar-refractivity contribution is -0.312. The second-order valence-electron chi connectivity index (χ2n) is 6.33. The highest BCUT2D eigenvalue weighted by Gasteiger charge is 2.31. The number of carboxylic acid groups (broad SMARTS) is 1. The minimum atomic E-state index is -4.55. The largest absolute Gasteiger partial charge is 0.550 e. The molecular weight excluding hydrogens is 375 g/mol. The molecule has 8 heteroatoms. The number of nitrogens with one attached hydrogen (secondary N) is 1. The lowest BCUT2D eigenvalue weighted by atomic mass is 9.87. The highest BCUT2D eigenvalue weighted by atomic mass is 19.4. The summed E-state index contributed by atoms with van der Waals surface area (Å²) >= 11 is 0. The number of ether oxygens (including phenoxy) is 1. The van der Waals surface area contributed by atoms with Crippen LogP contribution in [0.25, 0.3) is 0 Å². The van der Waals surface area contributed by atoms with Gasteiger partial charge in [-0.15, -0.1) is 0 Å². The Kier molecular flexibility index (Phi) is 6.66. The van der Waals surface area contributed by atoms with Crippen LogP contribution in [-0.2, 0) is 22.2 Å². The molecule has 0 bridgehead atoms. The molecule has 5 nitrogen and oxygen atoms in total. The Morgan fingerprint density at radius 3 is 2.32 bits per heavy atom. The molecule has 2 aromatic carbocycles. The molecule has 0 radical (unpaired) electrons. The van der Waals surface area contributed by atoms with Crippen LogP contribution in [0.2, 0.25) is 0 Å². The molecule has 1 amide bonds. The first-order valence-electron chi connectivity index (χ1n) is 8.43. The molecule has 150 valence electrons. The van der Waals surface area contributed by atoms with E-state index < -0.39 is 35.5 Å². The van der Waals surface area contributed by atoms with Crippen molar-refractivity contribution in [3.63, 3.8) is 0 Å². The van der Waals surface area contributed by atoms with Gasteiger partial charge in [0, 0.05) is 23.5 Å². The van der Waals surface area contributed by atoms with Gasteiger partial charge in [-0.25, -0.2) is 0 Å². The van der Waals surface area contributed by atoms with Crippen LogP contribution in [0.3, 0.4) is 0 Å². The Morgan fingerprint density at radius 2 is 1.79 bits per heavy atom. The number of carboxylic acids is 1. The van der Waals surface area contributed by atoms with Gasteiger partial charge < -0.3 is 20.0 Å². The van der Waals surface area contributed by atoms with Crippen LogP contribution >= 0.6 is 0 Å². The number of carbonyl (C=O) groups is 2. The molecule has 0 heterocycles. The number of alkyl halides is 3. The van der Waals surface area contributed by atoms with Crippen LogP contribution in [0.4, 0.5) is 18.9 Å². The first-order valence-corrected chi connectivity index (χ1v) is 8.43. The molecule has 2 aromatic rings. The molecule has 0 saturated carbocycles. The van der Waals surface area contributed by atoms with Crippen LogP contribution in [0.15, 0.2) is 48.5 Å². The van der Waals surface area contributed by atoms with Gasteiger partial charge in [0.2, 0.25) is 5.91 Å². The molecule has 28 heavy (non-hydrogen) atoms. The van der Waals surface area contributed by atoms with Crippen molar-refractivity contribution >= 4 is 17.6 Å². The van der Waals surface area contributed by atoms with Crippen LogP contribution in [0.1, 0.15) is 18.1 Å². The van der Waals surface area contributed by atoms with Gasteiger partial charge in [0.25, 0.3) is 0 Å². The maximum atomic E-state index is 12.8. The van der Waals surface area contributed by atoms with Gasteiger partial charge in [0.05, 0.1) is 12.7 Å².